The van der Waals surface area contributed by atoms with Crippen molar-refractivity contribution in [2.45, 2.75) is 91.5 Å². The van der Waals surface area contributed by atoms with Gasteiger partial charge in [0.05, 0.1) is 0 Å². The topological polar surface area (TPSA) is 77.0 Å². The second-order valence-corrected chi connectivity index (χ2v) is 10.0. The number of piperazine rings is 1. The first-order valence-electron chi connectivity index (χ1n) is 13.0. The van der Waals surface area contributed by atoms with Crippen molar-refractivity contribution in [3.05, 3.63) is 0 Å². The van der Waals surface area contributed by atoms with Gasteiger partial charge < -0.3 is 20.4 Å². The monoisotopic (exact) mass is 577 g/mol. The minimum Gasteiger partial charge on any atom is -0.357 e. The van der Waals surface area contributed by atoms with Crippen LogP contribution in [0.4, 0.5) is 0 Å². The number of amides is 2. The Morgan fingerprint density at radius 2 is 1.55 bits per heavy atom. The van der Waals surface area contributed by atoms with Crippen molar-refractivity contribution in [2.24, 2.45) is 16.8 Å². The van der Waals surface area contributed by atoms with Crippen molar-refractivity contribution in [1.82, 2.24) is 20.4 Å². The van der Waals surface area contributed by atoms with Crippen molar-refractivity contribution in [2.75, 3.05) is 39.3 Å². The number of unbranched alkanes of at least 4 members (excludes halogenated alkanes) is 2. The third kappa shape index (κ3) is 11.8. The van der Waals surface area contributed by atoms with Gasteiger partial charge in [-0.15, -0.1) is 24.0 Å². The van der Waals surface area contributed by atoms with Crippen LogP contribution < -0.4 is 10.6 Å². The van der Waals surface area contributed by atoms with Crippen molar-refractivity contribution in [1.29, 1.82) is 0 Å². The molecule has 2 fully saturated rings. The zero-order valence-corrected chi connectivity index (χ0v) is 23.7. The van der Waals surface area contributed by atoms with Gasteiger partial charge in [-0.1, -0.05) is 27.2 Å². The maximum Gasteiger partial charge on any atom is 0.222 e. The highest BCUT2D eigenvalue weighted by Crippen LogP contribution is 2.23. The molecule has 8 heteroatoms. The molecule has 1 aliphatic carbocycles. The summed E-state index contributed by atoms with van der Waals surface area (Å²) in [7, 11) is 0. The van der Waals surface area contributed by atoms with Crippen molar-refractivity contribution >= 4 is 41.8 Å². The van der Waals surface area contributed by atoms with Gasteiger partial charge in [0.1, 0.15) is 0 Å². The summed E-state index contributed by atoms with van der Waals surface area (Å²) < 4.78 is 0. The van der Waals surface area contributed by atoms with Crippen LogP contribution in [0.25, 0.3) is 0 Å². The third-order valence-electron chi connectivity index (χ3n) is 6.59. The van der Waals surface area contributed by atoms with Crippen LogP contribution in [0.15, 0.2) is 4.99 Å². The second-order valence-electron chi connectivity index (χ2n) is 10.0. The SMILES string of the molecule is CCNC(=NCCCCCC(=O)N1CCN(C(=O)CC(C)C)CC1)NC1CCC(C)CC1.I. The molecule has 192 valence electrons. The van der Waals surface area contributed by atoms with E-state index in [0.717, 1.165) is 44.2 Å². The standard InChI is InChI=1S/C25H47N5O2.HI/c1-5-26-25(28-22-12-10-21(4)11-13-22)27-14-8-6-7-9-23(31)29-15-17-30(18-16-29)24(32)19-20(2)3;/h20-22H,5-19H2,1-4H3,(H2,26,27,28);1H. The highest BCUT2D eigenvalue weighted by molar-refractivity contribution is 14.0. The van der Waals surface area contributed by atoms with E-state index in [1.54, 1.807) is 0 Å². The number of aliphatic imine (C=N–C) groups is 1. The van der Waals surface area contributed by atoms with E-state index in [1.807, 2.05) is 9.80 Å². The van der Waals surface area contributed by atoms with E-state index in [1.165, 1.54) is 25.7 Å². The molecule has 2 aliphatic rings. The predicted molar refractivity (Wildman–Crippen MR) is 147 cm³/mol. The fraction of sp³-hybridized carbons (Fsp3) is 0.880. The Balaban J connectivity index is 0.00000544. The normalized spacial score (nSPS) is 21.5. The fourth-order valence-corrected chi connectivity index (χ4v) is 4.52. The van der Waals surface area contributed by atoms with E-state index in [9.17, 15) is 9.59 Å². The quantitative estimate of drug-likeness (QED) is 0.178. The van der Waals surface area contributed by atoms with Gasteiger partial charge in [0.25, 0.3) is 0 Å². The molecule has 2 amide bonds. The Morgan fingerprint density at radius 3 is 2.12 bits per heavy atom. The van der Waals surface area contributed by atoms with Crippen LogP contribution in [0.1, 0.15) is 85.5 Å². The lowest BCUT2D eigenvalue weighted by Gasteiger charge is -2.35. The number of nitrogens with one attached hydrogen (secondary N) is 2. The number of nitrogens with zero attached hydrogens (tertiary/aromatic N) is 3. The van der Waals surface area contributed by atoms with Crippen LogP contribution in [-0.4, -0.2) is 72.9 Å². The van der Waals surface area contributed by atoms with Gasteiger partial charge in [-0.05, 0) is 57.3 Å². The number of halogens is 1. The Hall–Kier alpha value is -1.06. The van der Waals surface area contributed by atoms with Crippen LogP contribution in [0.2, 0.25) is 0 Å². The largest absolute Gasteiger partial charge is 0.357 e. The highest BCUT2D eigenvalue weighted by Gasteiger charge is 2.24. The van der Waals surface area contributed by atoms with Gasteiger partial charge in [0.2, 0.25) is 11.8 Å². The summed E-state index contributed by atoms with van der Waals surface area (Å²) in [5.74, 6) is 2.62. The Kier molecular flexibility index (Phi) is 15.0. The smallest absolute Gasteiger partial charge is 0.222 e. The molecule has 0 aromatic carbocycles. The van der Waals surface area contributed by atoms with Crippen LogP contribution in [0.5, 0.6) is 0 Å². The molecule has 0 bridgehead atoms. The molecule has 7 nitrogen and oxygen atoms in total. The van der Waals surface area contributed by atoms with Gasteiger partial charge in [-0.25, -0.2) is 0 Å². The zero-order valence-electron chi connectivity index (χ0n) is 21.4. The highest BCUT2D eigenvalue weighted by atomic mass is 127. The lowest BCUT2D eigenvalue weighted by Crippen LogP contribution is -2.50. The molecule has 0 atom stereocenters. The van der Waals surface area contributed by atoms with Crippen LogP contribution in [-0.2, 0) is 9.59 Å². The number of hydrogen-bond acceptors (Lipinski definition) is 3. The number of carbonyl (C=O) groups excluding carboxylic acids is 2. The Bertz CT molecular complexity index is 598. The van der Waals surface area contributed by atoms with E-state index >= 15 is 0 Å². The summed E-state index contributed by atoms with van der Waals surface area (Å²) in [4.78, 5) is 33.2. The molecular weight excluding hydrogens is 529 g/mol. The van der Waals surface area contributed by atoms with Gasteiger partial charge in [0.15, 0.2) is 5.96 Å². The molecule has 0 radical (unpaired) electrons. The zero-order chi connectivity index (χ0) is 23.3. The molecule has 1 saturated carbocycles. The number of guanidine groups is 1. The van der Waals surface area contributed by atoms with E-state index in [-0.39, 0.29) is 35.8 Å². The van der Waals surface area contributed by atoms with E-state index < -0.39 is 0 Å². The lowest BCUT2D eigenvalue weighted by molar-refractivity contribution is -0.140. The van der Waals surface area contributed by atoms with Crippen molar-refractivity contribution in [3.8, 4) is 0 Å². The minimum absolute atomic E-state index is 0. The molecule has 1 saturated heterocycles. The summed E-state index contributed by atoms with van der Waals surface area (Å²) in [6.45, 7) is 12.9. The Labute approximate surface area is 218 Å². The van der Waals surface area contributed by atoms with Gasteiger partial charge in [-0.3, -0.25) is 14.6 Å². The summed E-state index contributed by atoms with van der Waals surface area (Å²) in [6, 6.07) is 0.544. The van der Waals surface area contributed by atoms with Crippen LogP contribution >= 0.6 is 24.0 Å². The molecule has 0 aromatic rings. The average Bonchev–Trinajstić information content (AvgIpc) is 2.77. The van der Waals surface area contributed by atoms with Gasteiger partial charge in [0, 0.05) is 58.2 Å². The van der Waals surface area contributed by atoms with Gasteiger partial charge >= 0.3 is 0 Å². The van der Waals surface area contributed by atoms with Crippen LogP contribution in [0.3, 0.4) is 0 Å². The lowest BCUT2D eigenvalue weighted by atomic mass is 9.87. The third-order valence-corrected chi connectivity index (χ3v) is 6.59. The minimum atomic E-state index is 0. The van der Waals surface area contributed by atoms with Crippen molar-refractivity contribution in [3.63, 3.8) is 0 Å². The van der Waals surface area contributed by atoms with E-state index in [0.29, 0.717) is 51.0 Å². The fourth-order valence-electron chi connectivity index (χ4n) is 4.52. The first-order chi connectivity index (χ1) is 15.4. The molecule has 2 N–H and O–H groups in total. The summed E-state index contributed by atoms with van der Waals surface area (Å²) in [5.41, 5.74) is 0. The summed E-state index contributed by atoms with van der Waals surface area (Å²) in [5, 5.41) is 6.97. The van der Waals surface area contributed by atoms with Crippen molar-refractivity contribution < 1.29 is 9.59 Å². The molecule has 1 aliphatic heterocycles. The van der Waals surface area contributed by atoms with Gasteiger partial charge in [-0.2, -0.15) is 0 Å². The Morgan fingerprint density at radius 1 is 0.939 bits per heavy atom. The average molecular weight is 578 g/mol. The molecule has 0 aromatic heterocycles. The molecule has 2 rings (SSSR count). The number of hydrogen-bond donors (Lipinski definition) is 2. The molecule has 1 heterocycles. The molecular formula is C25H48IN5O2. The predicted octanol–water partition coefficient (Wildman–Crippen LogP) is 4.02. The molecule has 0 unspecified atom stereocenters. The maximum atomic E-state index is 12.5. The van der Waals surface area contributed by atoms with E-state index in [2.05, 4.69) is 38.3 Å². The summed E-state index contributed by atoms with van der Waals surface area (Å²) in [6.07, 6.45) is 9.19. The molecule has 33 heavy (non-hydrogen) atoms. The second kappa shape index (κ2) is 16.5. The number of carbonyl (C=O) groups is 2. The summed E-state index contributed by atoms with van der Waals surface area (Å²) >= 11 is 0. The first-order valence-corrected chi connectivity index (χ1v) is 13.0. The van der Waals surface area contributed by atoms with E-state index in [4.69, 9.17) is 4.99 Å². The van der Waals surface area contributed by atoms with Crippen LogP contribution in [0, 0.1) is 11.8 Å². The molecule has 0 spiro atoms. The maximum absolute atomic E-state index is 12.5. The first kappa shape index (κ1) is 30.0. The number of rotatable bonds is 10.